The maximum absolute atomic E-state index is 11.0. The second-order valence-corrected chi connectivity index (χ2v) is 4.12. The minimum Gasteiger partial charge on any atom is -0.488 e. The molecule has 0 aliphatic carbocycles. The van der Waals surface area contributed by atoms with Crippen LogP contribution in [0.5, 0.6) is 17.4 Å². The van der Waals surface area contributed by atoms with E-state index >= 15 is 0 Å². The number of aryl methyl sites for hydroxylation is 1. The molecule has 0 spiro atoms. The lowest BCUT2D eigenvalue weighted by atomic mass is 10.1. The van der Waals surface area contributed by atoms with E-state index in [-0.39, 0.29) is 5.56 Å². The third-order valence-electron chi connectivity index (χ3n) is 2.68. The van der Waals surface area contributed by atoms with Gasteiger partial charge in [0.1, 0.15) is 5.75 Å². The van der Waals surface area contributed by atoms with E-state index in [0.717, 1.165) is 0 Å². The predicted octanol–water partition coefficient (Wildman–Crippen LogP) is 3.28. The van der Waals surface area contributed by atoms with Crippen LogP contribution in [-0.2, 0) is 0 Å². The number of carboxylic acid groups (broad SMARTS) is 1. The molecule has 1 heterocycles. The third-order valence-corrected chi connectivity index (χ3v) is 2.68. The average Bonchev–Trinajstić information content (AvgIpc) is 2.41. The summed E-state index contributed by atoms with van der Waals surface area (Å²) in [5.41, 5.74) is 0.882. The number of aromatic carboxylic acids is 1. The minimum atomic E-state index is -0.957. The molecule has 1 N–H and O–H groups in total. The Bertz CT molecular complexity index is 625. The molecule has 0 saturated heterocycles. The van der Waals surface area contributed by atoms with E-state index in [1.54, 1.807) is 37.4 Å². The fourth-order valence-corrected chi connectivity index (χ4v) is 1.77. The molecule has 1 aromatic carbocycles. The quantitative estimate of drug-likeness (QED) is 0.905. The van der Waals surface area contributed by atoms with Crippen LogP contribution in [0.3, 0.4) is 0 Å². The van der Waals surface area contributed by atoms with Crippen LogP contribution in [0.2, 0.25) is 0 Å². The molecule has 1 aromatic heterocycles. The molecular formula is C15H15NO4. The van der Waals surface area contributed by atoms with Crippen LogP contribution in [0.15, 0.2) is 36.5 Å². The zero-order chi connectivity index (χ0) is 14.5. The molecule has 0 amide bonds. The summed E-state index contributed by atoms with van der Waals surface area (Å²) in [6.07, 6.45) is 1.61. The summed E-state index contributed by atoms with van der Waals surface area (Å²) >= 11 is 0. The van der Waals surface area contributed by atoms with E-state index in [1.807, 2.05) is 6.92 Å². The highest BCUT2D eigenvalue weighted by atomic mass is 16.5. The molecule has 0 aliphatic heterocycles. The molecule has 2 rings (SSSR count). The number of hydrogen-bond acceptors (Lipinski definition) is 4. The minimum absolute atomic E-state index is 0.253. The van der Waals surface area contributed by atoms with E-state index < -0.39 is 5.97 Å². The van der Waals surface area contributed by atoms with Gasteiger partial charge in [0.15, 0.2) is 5.75 Å². The van der Waals surface area contributed by atoms with Crippen molar-refractivity contribution in [2.45, 2.75) is 13.8 Å². The largest absolute Gasteiger partial charge is 0.488 e. The maximum atomic E-state index is 11.0. The number of carboxylic acids is 1. The van der Waals surface area contributed by atoms with Crippen LogP contribution in [0.4, 0.5) is 0 Å². The van der Waals surface area contributed by atoms with Crippen LogP contribution in [0.1, 0.15) is 22.8 Å². The highest BCUT2D eigenvalue weighted by molar-refractivity contribution is 5.89. The van der Waals surface area contributed by atoms with Crippen molar-refractivity contribution in [3.05, 3.63) is 47.7 Å². The topological polar surface area (TPSA) is 68.7 Å². The van der Waals surface area contributed by atoms with Gasteiger partial charge in [-0.25, -0.2) is 9.78 Å². The Hall–Kier alpha value is -2.56. The maximum Gasteiger partial charge on any atom is 0.335 e. The molecule has 20 heavy (non-hydrogen) atoms. The van der Waals surface area contributed by atoms with E-state index in [0.29, 0.717) is 29.5 Å². The Kier molecular flexibility index (Phi) is 4.20. The smallest absolute Gasteiger partial charge is 0.335 e. The first-order valence-electron chi connectivity index (χ1n) is 6.21. The van der Waals surface area contributed by atoms with Crippen molar-refractivity contribution in [2.24, 2.45) is 0 Å². The monoisotopic (exact) mass is 273 g/mol. The Morgan fingerprint density at radius 1 is 1.35 bits per heavy atom. The Morgan fingerprint density at radius 3 is 2.80 bits per heavy atom. The summed E-state index contributed by atoms with van der Waals surface area (Å²) in [4.78, 5) is 15.1. The molecule has 0 fully saturated rings. The number of carbonyl (C=O) groups is 1. The zero-order valence-electron chi connectivity index (χ0n) is 11.3. The van der Waals surface area contributed by atoms with Crippen molar-refractivity contribution in [3.63, 3.8) is 0 Å². The number of ether oxygens (including phenoxy) is 2. The number of hydrogen-bond donors (Lipinski definition) is 1. The zero-order valence-corrected chi connectivity index (χ0v) is 11.3. The standard InChI is InChI=1S/C15H15NO4/c1-3-19-13-5-4-8-16-14(13)20-11-6-7-12(15(17)18)10(2)9-11/h4-9H,3H2,1-2H3,(H,17,18). The summed E-state index contributed by atoms with van der Waals surface area (Å²) in [5.74, 6) is 0.473. The second-order valence-electron chi connectivity index (χ2n) is 4.12. The number of benzene rings is 1. The highest BCUT2D eigenvalue weighted by Crippen LogP contribution is 2.29. The molecule has 0 unspecified atom stereocenters. The van der Waals surface area contributed by atoms with E-state index in [1.165, 1.54) is 6.07 Å². The van der Waals surface area contributed by atoms with Crippen LogP contribution < -0.4 is 9.47 Å². The van der Waals surface area contributed by atoms with Crippen LogP contribution in [0, 0.1) is 6.92 Å². The van der Waals surface area contributed by atoms with Gasteiger partial charge in [-0.3, -0.25) is 0 Å². The van der Waals surface area contributed by atoms with Crippen molar-refractivity contribution in [2.75, 3.05) is 6.61 Å². The first-order chi connectivity index (χ1) is 9.61. The molecule has 2 aromatic rings. The van der Waals surface area contributed by atoms with Crippen LogP contribution >= 0.6 is 0 Å². The summed E-state index contributed by atoms with van der Waals surface area (Å²) in [5, 5.41) is 8.99. The van der Waals surface area contributed by atoms with Crippen LogP contribution in [-0.4, -0.2) is 22.7 Å². The van der Waals surface area contributed by atoms with E-state index in [9.17, 15) is 4.79 Å². The first-order valence-corrected chi connectivity index (χ1v) is 6.21. The van der Waals surface area contributed by atoms with Crippen molar-refractivity contribution in [3.8, 4) is 17.4 Å². The fraction of sp³-hybridized carbons (Fsp3) is 0.200. The second kappa shape index (κ2) is 6.06. The van der Waals surface area contributed by atoms with Gasteiger partial charge in [-0.1, -0.05) is 0 Å². The van der Waals surface area contributed by atoms with Gasteiger partial charge < -0.3 is 14.6 Å². The molecule has 0 radical (unpaired) electrons. The lowest BCUT2D eigenvalue weighted by Gasteiger charge is -2.11. The van der Waals surface area contributed by atoms with E-state index in [2.05, 4.69) is 4.98 Å². The van der Waals surface area contributed by atoms with E-state index in [4.69, 9.17) is 14.6 Å². The summed E-state index contributed by atoms with van der Waals surface area (Å²) < 4.78 is 11.1. The lowest BCUT2D eigenvalue weighted by molar-refractivity contribution is 0.0696. The molecule has 0 aliphatic rings. The van der Waals surface area contributed by atoms with Crippen molar-refractivity contribution in [1.82, 2.24) is 4.98 Å². The average molecular weight is 273 g/mol. The van der Waals surface area contributed by atoms with Gasteiger partial charge in [-0.15, -0.1) is 0 Å². The number of nitrogens with zero attached hydrogens (tertiary/aromatic N) is 1. The van der Waals surface area contributed by atoms with Gasteiger partial charge in [0.2, 0.25) is 0 Å². The number of rotatable bonds is 5. The van der Waals surface area contributed by atoms with Gasteiger partial charge in [-0.2, -0.15) is 0 Å². The molecule has 104 valence electrons. The molecule has 5 nitrogen and oxygen atoms in total. The Morgan fingerprint density at radius 2 is 2.15 bits per heavy atom. The SMILES string of the molecule is CCOc1cccnc1Oc1ccc(C(=O)O)c(C)c1. The lowest BCUT2D eigenvalue weighted by Crippen LogP contribution is -2.00. The molecule has 0 saturated carbocycles. The van der Waals surface area contributed by atoms with Crippen LogP contribution in [0.25, 0.3) is 0 Å². The molecular weight excluding hydrogens is 258 g/mol. The van der Waals surface area contributed by atoms with Gasteiger partial charge in [0.05, 0.1) is 12.2 Å². The highest BCUT2D eigenvalue weighted by Gasteiger charge is 2.10. The number of pyridine rings is 1. The van der Waals surface area contributed by atoms with Gasteiger partial charge in [-0.05, 0) is 49.7 Å². The van der Waals surface area contributed by atoms with Crippen molar-refractivity contribution >= 4 is 5.97 Å². The first kappa shape index (κ1) is 13.9. The summed E-state index contributed by atoms with van der Waals surface area (Å²) in [6.45, 7) is 4.11. The fourth-order valence-electron chi connectivity index (χ4n) is 1.77. The normalized spacial score (nSPS) is 10.1. The predicted molar refractivity (Wildman–Crippen MR) is 73.6 cm³/mol. The molecule has 5 heteroatoms. The summed E-state index contributed by atoms with van der Waals surface area (Å²) in [7, 11) is 0. The number of aromatic nitrogens is 1. The van der Waals surface area contributed by atoms with Gasteiger partial charge in [0.25, 0.3) is 5.88 Å². The van der Waals surface area contributed by atoms with Gasteiger partial charge >= 0.3 is 5.97 Å². The van der Waals surface area contributed by atoms with Gasteiger partial charge in [0, 0.05) is 6.20 Å². The third kappa shape index (κ3) is 3.06. The van der Waals surface area contributed by atoms with Crippen molar-refractivity contribution < 1.29 is 19.4 Å². The Labute approximate surface area is 116 Å². The molecule has 0 atom stereocenters. The molecule has 0 bridgehead atoms. The van der Waals surface area contributed by atoms with Crippen molar-refractivity contribution in [1.29, 1.82) is 0 Å². The Balaban J connectivity index is 2.26. The summed E-state index contributed by atoms with van der Waals surface area (Å²) in [6, 6.07) is 8.30.